The molecule has 1 saturated heterocycles. The predicted octanol–water partition coefficient (Wildman–Crippen LogP) is 4.01. The fraction of sp³-hybridized carbons (Fsp3) is 0.333. The Morgan fingerprint density at radius 1 is 1.02 bits per heavy atom. The van der Waals surface area contributed by atoms with E-state index in [2.05, 4.69) is 15.4 Å². The van der Waals surface area contributed by atoms with Crippen molar-refractivity contribution in [3.63, 3.8) is 0 Å². The second-order valence-corrected chi connectivity index (χ2v) is 16.5. The van der Waals surface area contributed by atoms with Crippen LogP contribution in [0, 0.1) is 5.92 Å². The molecule has 0 bridgehead atoms. The summed E-state index contributed by atoms with van der Waals surface area (Å²) in [5, 5.41) is 21.4. The minimum Gasteiger partial charge on any atom is -0.432 e. The normalized spacial score (nSPS) is 23.0. The molecule has 4 heterocycles. The average molecular weight is 625 g/mol. The Bertz CT molecular complexity index is 1950. The molecule has 5 aromatic rings. The number of anilines is 2. The first kappa shape index (κ1) is 29.4. The third-order valence-corrected chi connectivity index (χ3v) is 11.8. The van der Waals surface area contributed by atoms with Crippen molar-refractivity contribution in [2.75, 3.05) is 11.5 Å². The minimum absolute atomic E-state index is 0.0110. The van der Waals surface area contributed by atoms with Crippen molar-refractivity contribution in [2.24, 2.45) is 5.92 Å². The van der Waals surface area contributed by atoms with Crippen molar-refractivity contribution in [1.29, 1.82) is 0 Å². The Labute approximate surface area is 260 Å². The van der Waals surface area contributed by atoms with Gasteiger partial charge in [0.05, 0.1) is 34.1 Å². The largest absolute Gasteiger partial charge is 0.432 e. The number of para-hydroxylation sites is 2. The highest BCUT2D eigenvalue weighted by molar-refractivity contribution is 6.71. The van der Waals surface area contributed by atoms with Crippen LogP contribution in [0.2, 0.25) is 18.6 Å². The molecule has 1 spiro atoms. The number of aromatic amines is 1. The van der Waals surface area contributed by atoms with E-state index in [1.807, 2.05) is 86.7 Å². The summed E-state index contributed by atoms with van der Waals surface area (Å²) >= 11 is 0. The van der Waals surface area contributed by atoms with E-state index in [0.29, 0.717) is 58.6 Å². The SMILES string of the molecule is C[C@@H]1[C@@H]([Si](C)(C)O)[C@H](CCn2cc(CCO)nn2)O[C@@]12C(=O)N(c1ccccc1)c1ccc(-n3[nH]c4ccccc4c3=O)cc12. The summed E-state index contributed by atoms with van der Waals surface area (Å²) in [6.07, 6.45) is 2.29. The van der Waals surface area contributed by atoms with Crippen molar-refractivity contribution in [1.82, 2.24) is 24.8 Å². The van der Waals surface area contributed by atoms with Gasteiger partial charge in [0.2, 0.25) is 0 Å². The Balaban J connectivity index is 1.35. The van der Waals surface area contributed by atoms with Gasteiger partial charge in [0.25, 0.3) is 11.5 Å². The van der Waals surface area contributed by atoms with Gasteiger partial charge in [0.1, 0.15) is 0 Å². The zero-order valence-corrected chi connectivity index (χ0v) is 26.4. The van der Waals surface area contributed by atoms with E-state index >= 15 is 0 Å². The maximum absolute atomic E-state index is 14.8. The molecule has 0 unspecified atom stereocenters. The van der Waals surface area contributed by atoms with Crippen LogP contribution in [0.5, 0.6) is 0 Å². The van der Waals surface area contributed by atoms with E-state index < -0.39 is 20.0 Å². The minimum atomic E-state index is -2.89. The lowest BCUT2D eigenvalue weighted by atomic mass is 9.82. The molecule has 3 N–H and O–H groups in total. The highest BCUT2D eigenvalue weighted by atomic mass is 28.4. The van der Waals surface area contributed by atoms with Gasteiger partial charge in [-0.1, -0.05) is 42.5 Å². The number of nitrogens with one attached hydrogen (secondary N) is 1. The van der Waals surface area contributed by atoms with Gasteiger partial charge in [-0.15, -0.1) is 5.10 Å². The molecule has 0 radical (unpaired) electrons. The van der Waals surface area contributed by atoms with Gasteiger partial charge in [-0.05, 0) is 62.0 Å². The van der Waals surface area contributed by atoms with Crippen LogP contribution in [0.3, 0.4) is 0 Å². The second-order valence-electron chi connectivity index (χ2n) is 12.6. The first-order valence-electron chi connectivity index (χ1n) is 15.3. The number of hydrogen-bond donors (Lipinski definition) is 3. The summed E-state index contributed by atoms with van der Waals surface area (Å²) in [6, 6.07) is 22.4. The van der Waals surface area contributed by atoms with Crippen LogP contribution in [0.15, 0.2) is 83.8 Å². The summed E-state index contributed by atoms with van der Waals surface area (Å²) in [5.74, 6) is -0.585. The Morgan fingerprint density at radius 2 is 1.78 bits per heavy atom. The summed E-state index contributed by atoms with van der Waals surface area (Å²) in [4.78, 5) is 41.6. The summed E-state index contributed by atoms with van der Waals surface area (Å²) in [5.41, 5.74) is 2.23. The molecule has 2 aliphatic heterocycles. The number of fused-ring (bicyclic) bond motifs is 3. The number of carbonyl (C=O) groups excluding carboxylic acids is 1. The molecule has 3 aromatic carbocycles. The van der Waals surface area contributed by atoms with Crippen molar-refractivity contribution in [2.45, 2.75) is 56.7 Å². The molecule has 7 rings (SSSR count). The lowest BCUT2D eigenvalue weighted by Gasteiger charge is -2.32. The zero-order chi connectivity index (χ0) is 31.5. The van der Waals surface area contributed by atoms with Crippen LogP contribution in [0.25, 0.3) is 16.6 Å². The number of nitrogens with zero attached hydrogens (tertiary/aromatic N) is 5. The molecule has 1 amide bonds. The molecule has 0 saturated carbocycles. The monoisotopic (exact) mass is 624 g/mol. The maximum Gasteiger partial charge on any atom is 0.279 e. The third kappa shape index (κ3) is 4.67. The molecule has 4 atom stereocenters. The highest BCUT2D eigenvalue weighted by Crippen LogP contribution is 2.60. The van der Waals surface area contributed by atoms with Gasteiger partial charge in [-0.25, -0.2) is 4.68 Å². The zero-order valence-electron chi connectivity index (χ0n) is 25.4. The molecule has 45 heavy (non-hydrogen) atoms. The molecule has 1 fully saturated rings. The molecule has 11 nitrogen and oxygen atoms in total. The highest BCUT2D eigenvalue weighted by Gasteiger charge is 2.66. The lowest BCUT2D eigenvalue weighted by molar-refractivity contribution is -0.145. The summed E-state index contributed by atoms with van der Waals surface area (Å²) < 4.78 is 10.2. The number of amides is 1. The molecular weight excluding hydrogens is 588 g/mol. The fourth-order valence-corrected chi connectivity index (χ4v) is 10.0. The van der Waals surface area contributed by atoms with Gasteiger partial charge in [-0.2, -0.15) is 0 Å². The van der Waals surface area contributed by atoms with Gasteiger partial charge in [-0.3, -0.25) is 24.3 Å². The van der Waals surface area contributed by atoms with Crippen molar-refractivity contribution in [3.05, 3.63) is 101 Å². The molecule has 2 aromatic heterocycles. The van der Waals surface area contributed by atoms with Gasteiger partial charge >= 0.3 is 0 Å². The van der Waals surface area contributed by atoms with Crippen LogP contribution in [-0.2, 0) is 28.1 Å². The molecule has 232 valence electrons. The van der Waals surface area contributed by atoms with E-state index in [1.165, 1.54) is 4.68 Å². The molecule has 0 aliphatic carbocycles. The number of benzene rings is 3. The van der Waals surface area contributed by atoms with Crippen LogP contribution in [0.4, 0.5) is 11.4 Å². The first-order chi connectivity index (χ1) is 21.6. The van der Waals surface area contributed by atoms with E-state index in [9.17, 15) is 19.5 Å². The second kappa shape index (κ2) is 10.9. The van der Waals surface area contributed by atoms with Crippen molar-refractivity contribution < 1.29 is 19.4 Å². The van der Waals surface area contributed by atoms with E-state index in [1.54, 1.807) is 21.8 Å². The predicted molar refractivity (Wildman–Crippen MR) is 172 cm³/mol. The number of hydrogen-bond acceptors (Lipinski definition) is 7. The standard InChI is InChI=1S/C33H36N6O5Si/c1-21-30(45(2,3)43)29(15-17-37-20-22(16-18-40)34-36-37)44-33(21)26-19-24(39-31(41)25-11-7-8-12-27(25)35-39)13-14-28(26)38(32(33)42)23-9-5-4-6-10-23/h4-14,19-21,29-30,35,40,43H,15-18H2,1-3H3/t21-,29+,30-,33+/m1/s1. The topological polar surface area (TPSA) is 138 Å². The van der Waals surface area contributed by atoms with E-state index in [-0.39, 0.29) is 29.5 Å². The van der Waals surface area contributed by atoms with Crippen molar-refractivity contribution in [3.8, 4) is 5.69 Å². The molecular formula is C33H36N6O5Si. The van der Waals surface area contributed by atoms with Gasteiger partial charge in [0, 0.05) is 48.5 Å². The number of aryl methyl sites for hydroxylation is 1. The third-order valence-electron chi connectivity index (χ3n) is 9.34. The number of rotatable bonds is 8. The molecule has 12 heteroatoms. The quantitative estimate of drug-likeness (QED) is 0.222. The Kier molecular flexibility index (Phi) is 7.12. The lowest BCUT2D eigenvalue weighted by Crippen LogP contribution is -2.45. The first-order valence-corrected chi connectivity index (χ1v) is 18.3. The number of ether oxygens (including phenoxy) is 1. The van der Waals surface area contributed by atoms with Gasteiger partial charge < -0.3 is 14.6 Å². The summed E-state index contributed by atoms with van der Waals surface area (Å²) in [6.45, 7) is 6.26. The number of aliphatic hydroxyl groups excluding tert-OH is 1. The van der Waals surface area contributed by atoms with Gasteiger partial charge in [0.15, 0.2) is 13.9 Å². The van der Waals surface area contributed by atoms with Crippen LogP contribution < -0.4 is 10.5 Å². The molecule has 2 aliphatic rings. The van der Waals surface area contributed by atoms with Crippen molar-refractivity contribution >= 4 is 36.5 Å². The van der Waals surface area contributed by atoms with E-state index in [4.69, 9.17) is 4.74 Å². The van der Waals surface area contributed by atoms with E-state index in [0.717, 1.165) is 0 Å². The number of aliphatic hydroxyl groups is 1. The Hall–Kier alpha value is -4.36. The number of carbonyl (C=O) groups is 1. The number of aromatic nitrogens is 5. The van der Waals surface area contributed by atoms with Crippen LogP contribution in [-0.4, -0.2) is 61.6 Å². The summed E-state index contributed by atoms with van der Waals surface area (Å²) in [7, 11) is -2.89. The maximum atomic E-state index is 14.8. The average Bonchev–Trinajstić information content (AvgIpc) is 3.76. The fourth-order valence-electron chi connectivity index (χ4n) is 7.41. The number of H-pyrrole nitrogens is 1. The van der Waals surface area contributed by atoms with Crippen LogP contribution >= 0.6 is 0 Å². The smallest absolute Gasteiger partial charge is 0.279 e. The van der Waals surface area contributed by atoms with Crippen LogP contribution in [0.1, 0.15) is 24.6 Å². The Morgan fingerprint density at radius 3 is 2.51 bits per heavy atom.